The number of halogens is 1. The van der Waals surface area contributed by atoms with E-state index in [4.69, 9.17) is 4.74 Å². The average molecular weight is 332 g/mol. The molecule has 4 nitrogen and oxygen atoms in total. The molecule has 0 fully saturated rings. The summed E-state index contributed by atoms with van der Waals surface area (Å²) in [6.07, 6.45) is 2.14. The van der Waals surface area contributed by atoms with Crippen LogP contribution in [-0.2, 0) is 24.1 Å². The predicted octanol–water partition coefficient (Wildman–Crippen LogP) is 2.78. The SMILES string of the molecule is CCc1nn(CC)c(CC(COC(C)C)NC)c1Br. The lowest BCUT2D eigenvalue weighted by atomic mass is 10.1. The van der Waals surface area contributed by atoms with E-state index in [1.54, 1.807) is 0 Å². The summed E-state index contributed by atoms with van der Waals surface area (Å²) in [6.45, 7) is 10.0. The molecule has 19 heavy (non-hydrogen) atoms. The minimum absolute atomic E-state index is 0.265. The second-order valence-corrected chi connectivity index (χ2v) is 5.74. The number of aromatic nitrogens is 2. The van der Waals surface area contributed by atoms with Crippen LogP contribution in [0.1, 0.15) is 39.1 Å². The van der Waals surface area contributed by atoms with Crippen molar-refractivity contribution in [1.82, 2.24) is 15.1 Å². The zero-order chi connectivity index (χ0) is 14.4. The fourth-order valence-corrected chi connectivity index (χ4v) is 2.72. The van der Waals surface area contributed by atoms with Crippen molar-refractivity contribution in [2.75, 3.05) is 13.7 Å². The highest BCUT2D eigenvalue weighted by molar-refractivity contribution is 9.10. The van der Waals surface area contributed by atoms with Crippen LogP contribution in [0.4, 0.5) is 0 Å². The van der Waals surface area contributed by atoms with E-state index in [1.165, 1.54) is 5.69 Å². The minimum Gasteiger partial charge on any atom is -0.377 e. The van der Waals surface area contributed by atoms with E-state index in [9.17, 15) is 0 Å². The van der Waals surface area contributed by atoms with Gasteiger partial charge in [0.15, 0.2) is 0 Å². The molecule has 0 aromatic carbocycles. The van der Waals surface area contributed by atoms with Gasteiger partial charge in [0.2, 0.25) is 0 Å². The second-order valence-electron chi connectivity index (χ2n) is 4.95. The molecular weight excluding hydrogens is 306 g/mol. The molecule has 1 rings (SSSR count). The zero-order valence-corrected chi connectivity index (χ0v) is 14.2. The molecule has 1 unspecified atom stereocenters. The van der Waals surface area contributed by atoms with Gasteiger partial charge in [0.25, 0.3) is 0 Å². The van der Waals surface area contributed by atoms with Crippen LogP contribution in [0.3, 0.4) is 0 Å². The number of hydrogen-bond acceptors (Lipinski definition) is 3. The molecule has 0 spiro atoms. The van der Waals surface area contributed by atoms with E-state index in [1.807, 2.05) is 7.05 Å². The van der Waals surface area contributed by atoms with Gasteiger partial charge in [-0.05, 0) is 50.2 Å². The van der Waals surface area contributed by atoms with Gasteiger partial charge in [0, 0.05) is 19.0 Å². The first kappa shape index (κ1) is 16.7. The number of aryl methyl sites for hydroxylation is 2. The molecule has 0 saturated carbocycles. The third-order valence-corrected chi connectivity index (χ3v) is 4.09. The Morgan fingerprint density at radius 2 is 2.05 bits per heavy atom. The maximum Gasteiger partial charge on any atom is 0.0766 e. The summed E-state index contributed by atoms with van der Waals surface area (Å²) in [4.78, 5) is 0. The lowest BCUT2D eigenvalue weighted by molar-refractivity contribution is 0.0623. The topological polar surface area (TPSA) is 39.1 Å². The Hall–Kier alpha value is -0.390. The van der Waals surface area contributed by atoms with Crippen molar-refractivity contribution < 1.29 is 4.74 Å². The Balaban J connectivity index is 2.80. The van der Waals surface area contributed by atoms with Gasteiger partial charge >= 0.3 is 0 Å². The van der Waals surface area contributed by atoms with Crippen LogP contribution < -0.4 is 5.32 Å². The normalized spacial score (nSPS) is 13.2. The third-order valence-electron chi connectivity index (χ3n) is 3.17. The Morgan fingerprint density at radius 3 is 2.53 bits per heavy atom. The van der Waals surface area contributed by atoms with E-state index in [0.29, 0.717) is 6.04 Å². The first-order valence-corrected chi connectivity index (χ1v) is 7.85. The van der Waals surface area contributed by atoms with Crippen molar-refractivity contribution in [3.8, 4) is 0 Å². The largest absolute Gasteiger partial charge is 0.377 e. The monoisotopic (exact) mass is 331 g/mol. The summed E-state index contributed by atoms with van der Waals surface area (Å²) >= 11 is 3.69. The molecule has 0 radical (unpaired) electrons. The van der Waals surface area contributed by atoms with Crippen molar-refractivity contribution >= 4 is 15.9 Å². The number of likely N-dealkylation sites (N-methyl/N-ethyl adjacent to an activating group) is 1. The summed E-state index contributed by atoms with van der Waals surface area (Å²) < 4.78 is 8.95. The smallest absolute Gasteiger partial charge is 0.0766 e. The highest BCUT2D eigenvalue weighted by atomic mass is 79.9. The number of ether oxygens (including phenoxy) is 1. The van der Waals surface area contributed by atoms with E-state index in [0.717, 1.165) is 36.2 Å². The number of rotatable bonds is 8. The lowest BCUT2D eigenvalue weighted by Gasteiger charge is -2.18. The number of nitrogens with zero attached hydrogens (tertiary/aromatic N) is 2. The molecule has 0 aliphatic heterocycles. The zero-order valence-electron chi connectivity index (χ0n) is 12.7. The van der Waals surface area contributed by atoms with Crippen LogP contribution in [0, 0.1) is 0 Å². The molecule has 5 heteroatoms. The van der Waals surface area contributed by atoms with Crippen LogP contribution in [-0.4, -0.2) is 35.6 Å². The van der Waals surface area contributed by atoms with Crippen LogP contribution in [0.2, 0.25) is 0 Å². The summed E-state index contributed by atoms with van der Waals surface area (Å²) in [5.41, 5.74) is 2.39. The molecule has 0 aliphatic rings. The average Bonchev–Trinajstić information content (AvgIpc) is 2.70. The van der Waals surface area contributed by atoms with Gasteiger partial charge in [0.1, 0.15) is 0 Å². The summed E-state index contributed by atoms with van der Waals surface area (Å²) in [5, 5.41) is 7.96. The summed E-state index contributed by atoms with van der Waals surface area (Å²) in [7, 11) is 1.98. The maximum atomic E-state index is 5.71. The van der Waals surface area contributed by atoms with Crippen molar-refractivity contribution in [3.63, 3.8) is 0 Å². The van der Waals surface area contributed by atoms with Crippen LogP contribution in [0.15, 0.2) is 4.47 Å². The van der Waals surface area contributed by atoms with Crippen molar-refractivity contribution in [2.45, 2.75) is 59.2 Å². The van der Waals surface area contributed by atoms with Gasteiger partial charge in [0.05, 0.1) is 28.6 Å². The Kier molecular flexibility index (Phi) is 7.04. The van der Waals surface area contributed by atoms with E-state index >= 15 is 0 Å². The van der Waals surface area contributed by atoms with E-state index in [2.05, 4.69) is 58.7 Å². The molecule has 110 valence electrons. The summed E-state index contributed by atoms with van der Waals surface area (Å²) in [5.74, 6) is 0. The number of nitrogens with one attached hydrogen (secondary N) is 1. The number of hydrogen-bond donors (Lipinski definition) is 1. The summed E-state index contributed by atoms with van der Waals surface area (Å²) in [6, 6.07) is 0.311. The van der Waals surface area contributed by atoms with Crippen molar-refractivity contribution in [1.29, 1.82) is 0 Å². The van der Waals surface area contributed by atoms with Gasteiger partial charge in [-0.25, -0.2) is 0 Å². The molecular formula is C14H26BrN3O. The van der Waals surface area contributed by atoms with Gasteiger partial charge in [-0.3, -0.25) is 4.68 Å². The quantitative estimate of drug-likeness (QED) is 0.796. The third kappa shape index (κ3) is 4.58. The molecule has 1 aromatic heterocycles. The highest BCUT2D eigenvalue weighted by Crippen LogP contribution is 2.23. The molecule has 0 bridgehead atoms. The highest BCUT2D eigenvalue weighted by Gasteiger charge is 2.18. The lowest BCUT2D eigenvalue weighted by Crippen LogP contribution is -2.34. The standard InChI is InChI=1S/C14H26BrN3O/c1-6-12-14(15)13(18(7-2)17-12)8-11(16-5)9-19-10(3)4/h10-11,16H,6-9H2,1-5H3. The molecule has 1 N–H and O–H groups in total. The van der Waals surface area contributed by atoms with Gasteiger partial charge in [-0.2, -0.15) is 5.10 Å². The van der Waals surface area contributed by atoms with E-state index < -0.39 is 0 Å². The first-order valence-electron chi connectivity index (χ1n) is 7.06. The molecule has 1 aromatic rings. The van der Waals surface area contributed by atoms with Crippen LogP contribution in [0.5, 0.6) is 0 Å². The second kappa shape index (κ2) is 8.02. The van der Waals surface area contributed by atoms with Gasteiger partial charge in [-0.1, -0.05) is 6.92 Å². The van der Waals surface area contributed by atoms with Crippen LogP contribution >= 0.6 is 15.9 Å². The van der Waals surface area contributed by atoms with Gasteiger partial charge < -0.3 is 10.1 Å². The first-order chi connectivity index (χ1) is 9.03. The van der Waals surface area contributed by atoms with Gasteiger partial charge in [-0.15, -0.1) is 0 Å². The van der Waals surface area contributed by atoms with E-state index in [-0.39, 0.29) is 6.10 Å². The van der Waals surface area contributed by atoms with Crippen LogP contribution in [0.25, 0.3) is 0 Å². The molecule has 1 atom stereocenters. The van der Waals surface area contributed by atoms with Crippen molar-refractivity contribution in [2.24, 2.45) is 0 Å². The Labute approximate surface area is 125 Å². The molecule has 0 saturated heterocycles. The Morgan fingerprint density at radius 1 is 1.37 bits per heavy atom. The fourth-order valence-electron chi connectivity index (χ4n) is 2.00. The maximum absolute atomic E-state index is 5.71. The van der Waals surface area contributed by atoms with Crippen molar-refractivity contribution in [3.05, 3.63) is 15.9 Å². The molecule has 0 amide bonds. The molecule has 1 heterocycles. The predicted molar refractivity (Wildman–Crippen MR) is 82.6 cm³/mol. The molecule has 0 aliphatic carbocycles. The fraction of sp³-hybridized carbons (Fsp3) is 0.786. The minimum atomic E-state index is 0.265. The Bertz CT molecular complexity index is 390.